The first-order valence-electron chi connectivity index (χ1n) is 4.29. The van der Waals surface area contributed by atoms with E-state index in [9.17, 15) is 4.79 Å². The zero-order valence-corrected chi connectivity index (χ0v) is 9.41. The molecule has 1 aromatic carbocycles. The molecule has 15 heavy (non-hydrogen) atoms. The second kappa shape index (κ2) is 5.37. The van der Waals surface area contributed by atoms with E-state index in [4.69, 9.17) is 10.4 Å². The largest absolute Gasteiger partial charge is 0.481 e. The van der Waals surface area contributed by atoms with Gasteiger partial charge in [-0.1, -0.05) is 15.9 Å². The number of hydrogen-bond acceptors (Lipinski definition) is 3. The van der Waals surface area contributed by atoms with Crippen molar-refractivity contribution in [3.05, 3.63) is 28.2 Å². The number of carboxylic acids is 1. The summed E-state index contributed by atoms with van der Waals surface area (Å²) < 4.78 is 0.847. The summed E-state index contributed by atoms with van der Waals surface area (Å²) in [6, 6.07) is 7.22. The summed E-state index contributed by atoms with van der Waals surface area (Å²) in [6.07, 6.45) is 0.0252. The molecule has 0 aromatic heterocycles. The van der Waals surface area contributed by atoms with Gasteiger partial charge in [0.05, 0.1) is 17.7 Å². The molecule has 0 saturated heterocycles. The van der Waals surface area contributed by atoms with Gasteiger partial charge in [0.2, 0.25) is 0 Å². The predicted molar refractivity (Wildman–Crippen MR) is 59.6 cm³/mol. The van der Waals surface area contributed by atoms with E-state index in [1.807, 2.05) is 6.07 Å². The van der Waals surface area contributed by atoms with Crippen LogP contribution in [0.1, 0.15) is 12.0 Å². The second-order valence-electron chi connectivity index (χ2n) is 2.87. The fourth-order valence-electron chi connectivity index (χ4n) is 1.06. The van der Waals surface area contributed by atoms with E-state index in [1.54, 1.807) is 18.2 Å². The monoisotopic (exact) mass is 268 g/mol. The Morgan fingerprint density at radius 3 is 2.93 bits per heavy atom. The number of carbonyl (C=O) groups is 1. The van der Waals surface area contributed by atoms with Gasteiger partial charge in [-0.25, -0.2) is 0 Å². The van der Waals surface area contributed by atoms with E-state index < -0.39 is 5.97 Å². The lowest BCUT2D eigenvalue weighted by Gasteiger charge is -2.06. The van der Waals surface area contributed by atoms with E-state index in [-0.39, 0.29) is 6.42 Å². The number of nitrogens with zero attached hydrogens (tertiary/aromatic N) is 1. The van der Waals surface area contributed by atoms with E-state index in [0.29, 0.717) is 17.8 Å². The SMILES string of the molecule is N#Cc1ccc(Br)cc1NCCC(=O)O. The minimum Gasteiger partial charge on any atom is -0.481 e. The molecule has 0 radical (unpaired) electrons. The Balaban J connectivity index is 2.71. The first kappa shape index (κ1) is 11.5. The number of hydrogen-bond donors (Lipinski definition) is 2. The molecule has 0 atom stereocenters. The maximum absolute atomic E-state index is 10.3. The third-order valence-corrected chi connectivity index (χ3v) is 2.25. The number of halogens is 1. The van der Waals surface area contributed by atoms with Gasteiger partial charge in [-0.2, -0.15) is 5.26 Å². The molecule has 0 amide bonds. The summed E-state index contributed by atoms with van der Waals surface area (Å²) in [5, 5.41) is 20.2. The fraction of sp³-hybridized carbons (Fsp3) is 0.200. The lowest BCUT2D eigenvalue weighted by molar-refractivity contribution is -0.136. The number of nitrogens with one attached hydrogen (secondary N) is 1. The molecule has 0 fully saturated rings. The van der Waals surface area contributed by atoms with Crippen LogP contribution in [0.2, 0.25) is 0 Å². The quantitative estimate of drug-likeness (QED) is 0.878. The zero-order valence-electron chi connectivity index (χ0n) is 7.83. The number of aliphatic carboxylic acids is 1. The summed E-state index contributed by atoms with van der Waals surface area (Å²) in [5.74, 6) is -0.865. The molecule has 0 aliphatic carbocycles. The molecule has 1 aromatic rings. The Kier molecular flexibility index (Phi) is 4.13. The van der Waals surface area contributed by atoms with Crippen molar-refractivity contribution in [3.63, 3.8) is 0 Å². The lowest BCUT2D eigenvalue weighted by atomic mass is 10.2. The maximum atomic E-state index is 10.3. The van der Waals surface area contributed by atoms with Crippen LogP contribution in [-0.4, -0.2) is 17.6 Å². The van der Waals surface area contributed by atoms with Crippen molar-refractivity contribution in [2.24, 2.45) is 0 Å². The van der Waals surface area contributed by atoms with Crippen molar-refractivity contribution in [2.75, 3.05) is 11.9 Å². The van der Waals surface area contributed by atoms with Crippen molar-refractivity contribution >= 4 is 27.6 Å². The van der Waals surface area contributed by atoms with Crippen LogP contribution in [0.4, 0.5) is 5.69 Å². The van der Waals surface area contributed by atoms with Gasteiger partial charge in [-0.15, -0.1) is 0 Å². The van der Waals surface area contributed by atoms with Crippen molar-refractivity contribution < 1.29 is 9.90 Å². The Morgan fingerprint density at radius 2 is 2.33 bits per heavy atom. The van der Waals surface area contributed by atoms with Crippen molar-refractivity contribution in [2.45, 2.75) is 6.42 Å². The van der Waals surface area contributed by atoms with Crippen molar-refractivity contribution in [1.82, 2.24) is 0 Å². The third-order valence-electron chi connectivity index (χ3n) is 1.76. The smallest absolute Gasteiger partial charge is 0.305 e. The summed E-state index contributed by atoms with van der Waals surface area (Å²) in [4.78, 5) is 10.3. The van der Waals surface area contributed by atoms with Crippen LogP contribution in [0.15, 0.2) is 22.7 Å². The van der Waals surface area contributed by atoms with Crippen molar-refractivity contribution in [1.29, 1.82) is 5.26 Å². The number of carboxylic acid groups (broad SMARTS) is 1. The van der Waals surface area contributed by atoms with Crippen LogP contribution >= 0.6 is 15.9 Å². The molecule has 78 valence electrons. The maximum Gasteiger partial charge on any atom is 0.305 e. The number of anilines is 1. The van der Waals surface area contributed by atoms with Gasteiger partial charge in [-0.05, 0) is 18.2 Å². The molecule has 4 nitrogen and oxygen atoms in total. The van der Waals surface area contributed by atoms with Crippen LogP contribution < -0.4 is 5.32 Å². The van der Waals surface area contributed by atoms with Crippen LogP contribution in [0.25, 0.3) is 0 Å². The van der Waals surface area contributed by atoms with Gasteiger partial charge in [0, 0.05) is 11.0 Å². The summed E-state index contributed by atoms with van der Waals surface area (Å²) in [7, 11) is 0. The second-order valence-corrected chi connectivity index (χ2v) is 3.79. The van der Waals surface area contributed by atoms with Gasteiger partial charge in [0.1, 0.15) is 6.07 Å². The molecule has 0 unspecified atom stereocenters. The Hall–Kier alpha value is -1.54. The fourth-order valence-corrected chi connectivity index (χ4v) is 1.43. The lowest BCUT2D eigenvalue weighted by Crippen LogP contribution is -2.08. The van der Waals surface area contributed by atoms with Crippen LogP contribution in [-0.2, 0) is 4.79 Å². The Labute approximate surface area is 95.7 Å². The molecular weight excluding hydrogens is 260 g/mol. The van der Waals surface area contributed by atoms with Gasteiger partial charge in [0.25, 0.3) is 0 Å². The average molecular weight is 269 g/mol. The highest BCUT2D eigenvalue weighted by Gasteiger charge is 2.03. The molecule has 5 heteroatoms. The highest BCUT2D eigenvalue weighted by Crippen LogP contribution is 2.20. The minimum absolute atomic E-state index is 0.0252. The highest BCUT2D eigenvalue weighted by molar-refractivity contribution is 9.10. The van der Waals surface area contributed by atoms with Crippen LogP contribution in [0, 0.1) is 11.3 Å². The molecular formula is C10H9BrN2O2. The van der Waals surface area contributed by atoms with E-state index in [0.717, 1.165) is 4.47 Å². The molecule has 0 bridgehead atoms. The topological polar surface area (TPSA) is 73.1 Å². The number of rotatable bonds is 4. The summed E-state index contributed by atoms with van der Waals surface area (Å²) in [5.41, 5.74) is 1.15. The average Bonchev–Trinajstić information content (AvgIpc) is 2.17. The Bertz CT molecular complexity index is 412. The summed E-state index contributed by atoms with van der Waals surface area (Å²) >= 11 is 3.28. The number of nitriles is 1. The van der Waals surface area contributed by atoms with Gasteiger partial charge >= 0.3 is 5.97 Å². The van der Waals surface area contributed by atoms with Crippen LogP contribution in [0.5, 0.6) is 0 Å². The molecule has 0 aliphatic rings. The first-order valence-corrected chi connectivity index (χ1v) is 5.08. The van der Waals surface area contributed by atoms with E-state index in [1.165, 1.54) is 0 Å². The summed E-state index contributed by atoms with van der Waals surface area (Å²) in [6.45, 7) is 0.306. The molecule has 2 N–H and O–H groups in total. The van der Waals surface area contributed by atoms with Crippen LogP contribution in [0.3, 0.4) is 0 Å². The van der Waals surface area contributed by atoms with Crippen molar-refractivity contribution in [3.8, 4) is 6.07 Å². The molecule has 0 heterocycles. The zero-order chi connectivity index (χ0) is 11.3. The first-order chi connectivity index (χ1) is 7.13. The van der Waals surface area contributed by atoms with Gasteiger partial charge in [-0.3, -0.25) is 4.79 Å². The minimum atomic E-state index is -0.865. The van der Waals surface area contributed by atoms with E-state index >= 15 is 0 Å². The number of benzene rings is 1. The van der Waals surface area contributed by atoms with Gasteiger partial charge < -0.3 is 10.4 Å². The predicted octanol–water partition coefficient (Wildman–Crippen LogP) is 2.21. The van der Waals surface area contributed by atoms with Gasteiger partial charge in [0.15, 0.2) is 0 Å². The molecule has 0 saturated carbocycles. The van der Waals surface area contributed by atoms with E-state index in [2.05, 4.69) is 21.2 Å². The Morgan fingerprint density at radius 1 is 1.60 bits per heavy atom. The normalized spacial score (nSPS) is 9.33. The molecule has 0 spiro atoms. The third kappa shape index (κ3) is 3.60. The molecule has 1 rings (SSSR count). The standard InChI is InChI=1S/C10H9BrN2O2/c11-8-2-1-7(6-12)9(5-8)13-4-3-10(14)15/h1-2,5,13H,3-4H2,(H,14,15). The highest BCUT2D eigenvalue weighted by atomic mass is 79.9. The molecule has 0 aliphatic heterocycles.